The van der Waals surface area contributed by atoms with E-state index in [-0.39, 0.29) is 11.5 Å². The van der Waals surface area contributed by atoms with Crippen LogP contribution in [0.2, 0.25) is 0 Å². The molecule has 1 saturated carbocycles. The predicted octanol–water partition coefficient (Wildman–Crippen LogP) is 2.44. The summed E-state index contributed by atoms with van der Waals surface area (Å²) >= 11 is 0. The molecule has 0 aliphatic heterocycles. The number of aliphatic hydroxyl groups excluding tert-OH is 1. The second-order valence-electron chi connectivity index (χ2n) is 5.02. The molecule has 3 atom stereocenters. The minimum Gasteiger partial charge on any atom is -0.393 e. The molecule has 0 amide bonds. The van der Waals surface area contributed by atoms with Crippen LogP contribution in [0, 0.1) is 17.3 Å². The zero-order valence-corrected chi connectivity index (χ0v) is 8.09. The van der Waals surface area contributed by atoms with Crippen molar-refractivity contribution in [3.05, 3.63) is 0 Å². The molecule has 0 aromatic heterocycles. The van der Waals surface area contributed by atoms with Gasteiger partial charge in [-0.05, 0) is 30.1 Å². The first-order chi connectivity index (χ1) is 4.93. The van der Waals surface area contributed by atoms with E-state index in [0.29, 0.717) is 11.8 Å². The molecule has 0 heterocycles. The maximum Gasteiger partial charge on any atom is 0.0598 e. The Morgan fingerprint density at radius 1 is 1.18 bits per heavy atom. The zero-order valence-electron chi connectivity index (χ0n) is 8.09. The van der Waals surface area contributed by atoms with Crippen LogP contribution in [0.1, 0.15) is 40.5 Å². The summed E-state index contributed by atoms with van der Waals surface area (Å²) in [6.45, 7) is 8.81. The van der Waals surface area contributed by atoms with Gasteiger partial charge in [0.05, 0.1) is 6.10 Å². The van der Waals surface area contributed by atoms with Gasteiger partial charge in [0.25, 0.3) is 0 Å². The Morgan fingerprint density at radius 3 is 1.91 bits per heavy atom. The average Bonchev–Trinajstić information content (AvgIpc) is 2.11. The highest BCUT2D eigenvalue weighted by molar-refractivity contribution is 4.88. The molecule has 1 N–H and O–H groups in total. The molecule has 11 heavy (non-hydrogen) atoms. The van der Waals surface area contributed by atoms with Crippen LogP contribution in [0.4, 0.5) is 0 Å². The lowest BCUT2D eigenvalue weighted by molar-refractivity contribution is 0.0448. The lowest BCUT2D eigenvalue weighted by Crippen LogP contribution is -2.29. The number of rotatable bonds is 0. The Morgan fingerprint density at radius 2 is 1.73 bits per heavy atom. The van der Waals surface area contributed by atoms with Crippen LogP contribution in [0.15, 0.2) is 0 Å². The largest absolute Gasteiger partial charge is 0.393 e. The van der Waals surface area contributed by atoms with Gasteiger partial charge in [0.2, 0.25) is 0 Å². The van der Waals surface area contributed by atoms with E-state index in [4.69, 9.17) is 0 Å². The van der Waals surface area contributed by atoms with Crippen molar-refractivity contribution in [1.29, 1.82) is 0 Å². The quantitative estimate of drug-likeness (QED) is 0.571. The van der Waals surface area contributed by atoms with Gasteiger partial charge in [0.1, 0.15) is 0 Å². The summed E-state index contributed by atoms with van der Waals surface area (Å²) in [5.41, 5.74) is 0.282. The second kappa shape index (κ2) is 2.78. The summed E-state index contributed by atoms with van der Waals surface area (Å²) < 4.78 is 0. The van der Waals surface area contributed by atoms with Crippen molar-refractivity contribution in [2.45, 2.75) is 46.6 Å². The number of hydrogen-bond donors (Lipinski definition) is 1. The highest BCUT2D eigenvalue weighted by Gasteiger charge is 2.38. The van der Waals surface area contributed by atoms with Crippen LogP contribution in [0.25, 0.3) is 0 Å². The van der Waals surface area contributed by atoms with E-state index < -0.39 is 0 Å². The second-order valence-corrected chi connectivity index (χ2v) is 5.02. The van der Waals surface area contributed by atoms with Crippen molar-refractivity contribution in [2.24, 2.45) is 17.3 Å². The average molecular weight is 156 g/mol. The standard InChI is InChI=1S/C10H20O/c1-7-5-6-8(9(7)11)10(2,3)4/h7-9,11H,5-6H2,1-4H3. The Labute approximate surface area is 69.8 Å². The third-order valence-electron chi connectivity index (χ3n) is 3.04. The van der Waals surface area contributed by atoms with Crippen LogP contribution in [-0.2, 0) is 0 Å². The van der Waals surface area contributed by atoms with Gasteiger partial charge < -0.3 is 5.11 Å². The van der Waals surface area contributed by atoms with Crippen LogP contribution in [-0.4, -0.2) is 11.2 Å². The fourth-order valence-electron chi connectivity index (χ4n) is 2.13. The topological polar surface area (TPSA) is 20.2 Å². The molecular formula is C10H20O. The fraction of sp³-hybridized carbons (Fsp3) is 1.00. The molecule has 1 heteroatoms. The predicted molar refractivity (Wildman–Crippen MR) is 47.3 cm³/mol. The molecule has 66 valence electrons. The van der Waals surface area contributed by atoms with Crippen LogP contribution in [0.3, 0.4) is 0 Å². The van der Waals surface area contributed by atoms with Gasteiger partial charge in [-0.1, -0.05) is 27.7 Å². The SMILES string of the molecule is CC1CCC(C(C)(C)C)C1O. The Bertz CT molecular complexity index is 134. The van der Waals surface area contributed by atoms with E-state index in [1.54, 1.807) is 0 Å². The molecule has 3 unspecified atom stereocenters. The molecule has 1 nitrogen and oxygen atoms in total. The highest BCUT2D eigenvalue weighted by Crippen LogP contribution is 2.41. The van der Waals surface area contributed by atoms with Gasteiger partial charge in [0.15, 0.2) is 0 Å². The van der Waals surface area contributed by atoms with Crippen LogP contribution >= 0.6 is 0 Å². The Hall–Kier alpha value is -0.0400. The third-order valence-corrected chi connectivity index (χ3v) is 3.04. The van der Waals surface area contributed by atoms with Crippen molar-refractivity contribution in [1.82, 2.24) is 0 Å². The molecule has 0 bridgehead atoms. The van der Waals surface area contributed by atoms with Crippen molar-refractivity contribution in [3.8, 4) is 0 Å². The lowest BCUT2D eigenvalue weighted by Gasteiger charge is -2.30. The van der Waals surface area contributed by atoms with E-state index in [1.807, 2.05) is 0 Å². The molecular weight excluding hydrogens is 136 g/mol. The lowest BCUT2D eigenvalue weighted by atomic mass is 9.78. The number of aliphatic hydroxyl groups is 1. The summed E-state index contributed by atoms with van der Waals surface area (Å²) in [4.78, 5) is 0. The van der Waals surface area contributed by atoms with Crippen molar-refractivity contribution in [3.63, 3.8) is 0 Å². The van der Waals surface area contributed by atoms with Gasteiger partial charge in [-0.15, -0.1) is 0 Å². The molecule has 0 spiro atoms. The minimum atomic E-state index is -0.0602. The van der Waals surface area contributed by atoms with Gasteiger partial charge in [-0.25, -0.2) is 0 Å². The first-order valence-corrected chi connectivity index (χ1v) is 4.61. The van der Waals surface area contributed by atoms with Gasteiger partial charge in [-0.2, -0.15) is 0 Å². The number of hydrogen-bond acceptors (Lipinski definition) is 1. The van der Waals surface area contributed by atoms with E-state index >= 15 is 0 Å². The Kier molecular flexibility index (Phi) is 2.29. The van der Waals surface area contributed by atoms with E-state index in [1.165, 1.54) is 12.8 Å². The highest BCUT2D eigenvalue weighted by atomic mass is 16.3. The molecule has 0 saturated heterocycles. The van der Waals surface area contributed by atoms with E-state index in [2.05, 4.69) is 27.7 Å². The molecule has 0 radical (unpaired) electrons. The first kappa shape index (κ1) is 9.05. The van der Waals surface area contributed by atoms with Gasteiger partial charge in [0, 0.05) is 0 Å². The summed E-state index contributed by atoms with van der Waals surface area (Å²) in [5, 5.41) is 9.79. The monoisotopic (exact) mass is 156 g/mol. The van der Waals surface area contributed by atoms with Gasteiger partial charge >= 0.3 is 0 Å². The summed E-state index contributed by atoms with van der Waals surface area (Å²) in [6, 6.07) is 0. The van der Waals surface area contributed by atoms with E-state index in [0.717, 1.165) is 0 Å². The summed E-state index contributed by atoms with van der Waals surface area (Å²) in [5.74, 6) is 1.02. The summed E-state index contributed by atoms with van der Waals surface area (Å²) in [7, 11) is 0. The molecule has 0 aromatic rings. The van der Waals surface area contributed by atoms with Crippen LogP contribution < -0.4 is 0 Å². The van der Waals surface area contributed by atoms with Crippen LogP contribution in [0.5, 0.6) is 0 Å². The van der Waals surface area contributed by atoms with E-state index in [9.17, 15) is 5.11 Å². The first-order valence-electron chi connectivity index (χ1n) is 4.61. The van der Waals surface area contributed by atoms with Crippen molar-refractivity contribution in [2.75, 3.05) is 0 Å². The molecule has 1 aliphatic rings. The normalized spacial score (nSPS) is 39.5. The summed E-state index contributed by atoms with van der Waals surface area (Å²) in [6.07, 6.45) is 2.34. The van der Waals surface area contributed by atoms with Crippen molar-refractivity contribution >= 4 is 0 Å². The fourth-order valence-corrected chi connectivity index (χ4v) is 2.13. The molecule has 1 rings (SSSR count). The minimum absolute atomic E-state index is 0.0602. The molecule has 0 aromatic carbocycles. The molecule has 1 aliphatic carbocycles. The maximum absolute atomic E-state index is 9.79. The zero-order chi connectivity index (χ0) is 8.65. The third kappa shape index (κ3) is 1.76. The Balaban J connectivity index is 2.62. The van der Waals surface area contributed by atoms with Crippen molar-refractivity contribution < 1.29 is 5.11 Å². The smallest absolute Gasteiger partial charge is 0.0598 e. The van der Waals surface area contributed by atoms with Gasteiger partial charge in [-0.3, -0.25) is 0 Å². The maximum atomic E-state index is 9.79. The molecule has 1 fully saturated rings.